The van der Waals surface area contributed by atoms with E-state index >= 15 is 0 Å². The Balaban J connectivity index is 1.70. The second-order valence-corrected chi connectivity index (χ2v) is 5.94. The number of hydrogen-bond acceptors (Lipinski definition) is 5. The highest BCUT2D eigenvalue weighted by atomic mass is 35.5. The molecule has 0 aliphatic carbocycles. The number of benzene rings is 2. The molecule has 128 valence electrons. The molecule has 0 bridgehead atoms. The van der Waals surface area contributed by atoms with Crippen molar-refractivity contribution in [1.82, 2.24) is 0 Å². The molecule has 1 aliphatic rings. The zero-order chi connectivity index (χ0) is 18.0. The summed E-state index contributed by atoms with van der Waals surface area (Å²) >= 11 is 5.96. The minimum Gasteiger partial charge on any atom is -0.425 e. The number of hydrogen-bond donors (Lipinski definition) is 0. The van der Waals surface area contributed by atoms with Crippen molar-refractivity contribution >= 4 is 34.9 Å². The second-order valence-electron chi connectivity index (χ2n) is 5.53. The van der Waals surface area contributed by atoms with Crippen LogP contribution >= 0.6 is 11.6 Å². The third-order valence-electron chi connectivity index (χ3n) is 3.88. The first kappa shape index (κ1) is 16.9. The van der Waals surface area contributed by atoms with Crippen molar-refractivity contribution in [3.05, 3.63) is 63.7 Å². The fourth-order valence-electron chi connectivity index (χ4n) is 2.59. The van der Waals surface area contributed by atoms with Crippen molar-refractivity contribution in [2.45, 2.75) is 6.42 Å². The van der Waals surface area contributed by atoms with Gasteiger partial charge < -0.3 is 9.64 Å². The Morgan fingerprint density at radius 1 is 1.20 bits per heavy atom. The summed E-state index contributed by atoms with van der Waals surface area (Å²) in [6, 6.07) is 12.2. The predicted molar refractivity (Wildman–Crippen MR) is 90.6 cm³/mol. The lowest BCUT2D eigenvalue weighted by molar-refractivity contribution is -0.384. The van der Waals surface area contributed by atoms with Gasteiger partial charge in [0.2, 0.25) is 5.91 Å². The molecular weight excluding hydrogens is 348 g/mol. The zero-order valence-electron chi connectivity index (χ0n) is 12.9. The molecule has 1 atom stereocenters. The molecule has 1 saturated heterocycles. The molecule has 0 aromatic heterocycles. The van der Waals surface area contributed by atoms with E-state index in [0.29, 0.717) is 10.7 Å². The standard InChI is InChI=1S/C17H13ClN2O5/c18-14-3-1-2-4-15(14)25-17(22)11-9-16(21)19(10-11)12-5-7-13(8-6-12)20(23)24/h1-8,11H,9-10H2/t11-/m1/s1. The van der Waals surface area contributed by atoms with E-state index in [4.69, 9.17) is 16.3 Å². The number of amides is 1. The van der Waals surface area contributed by atoms with E-state index in [2.05, 4.69) is 0 Å². The third-order valence-corrected chi connectivity index (χ3v) is 4.19. The number of non-ortho nitro benzene ring substituents is 1. The molecule has 0 unspecified atom stereocenters. The third kappa shape index (κ3) is 3.61. The largest absolute Gasteiger partial charge is 0.425 e. The lowest BCUT2D eigenvalue weighted by Crippen LogP contribution is -2.27. The fraction of sp³-hybridized carbons (Fsp3) is 0.176. The Kier molecular flexibility index (Phi) is 4.67. The Morgan fingerprint density at radius 2 is 1.88 bits per heavy atom. The number of nitro benzene ring substituents is 1. The molecule has 0 spiro atoms. The van der Waals surface area contributed by atoms with Gasteiger partial charge in [0.15, 0.2) is 0 Å². The first-order valence-electron chi connectivity index (χ1n) is 7.47. The van der Waals surface area contributed by atoms with E-state index in [-0.39, 0.29) is 30.3 Å². The minimum absolute atomic E-state index is 0.0142. The number of esters is 1. The van der Waals surface area contributed by atoms with Gasteiger partial charge in [-0.3, -0.25) is 19.7 Å². The summed E-state index contributed by atoms with van der Waals surface area (Å²) < 4.78 is 5.27. The summed E-state index contributed by atoms with van der Waals surface area (Å²) in [7, 11) is 0. The monoisotopic (exact) mass is 360 g/mol. The lowest BCUT2D eigenvalue weighted by Gasteiger charge is -2.16. The molecule has 1 amide bonds. The van der Waals surface area contributed by atoms with Crippen LogP contribution in [0.2, 0.25) is 5.02 Å². The number of nitro groups is 1. The van der Waals surface area contributed by atoms with Crippen molar-refractivity contribution in [2.75, 3.05) is 11.4 Å². The molecule has 2 aromatic carbocycles. The molecule has 8 heteroatoms. The van der Waals surface area contributed by atoms with Crippen LogP contribution in [0.3, 0.4) is 0 Å². The predicted octanol–water partition coefficient (Wildman–Crippen LogP) is 3.21. The number of carbonyl (C=O) groups excluding carboxylic acids is 2. The summed E-state index contributed by atoms with van der Waals surface area (Å²) in [5.74, 6) is -1.16. The number of halogens is 1. The second kappa shape index (κ2) is 6.90. The smallest absolute Gasteiger partial charge is 0.316 e. The highest BCUT2D eigenvalue weighted by molar-refractivity contribution is 6.32. The average Bonchev–Trinajstić information content (AvgIpc) is 2.99. The van der Waals surface area contributed by atoms with Crippen LogP contribution in [-0.4, -0.2) is 23.3 Å². The Bertz CT molecular complexity index is 837. The van der Waals surface area contributed by atoms with Crippen LogP contribution in [0, 0.1) is 16.0 Å². The molecule has 1 heterocycles. The van der Waals surface area contributed by atoms with Gasteiger partial charge >= 0.3 is 5.97 Å². The van der Waals surface area contributed by atoms with E-state index in [1.807, 2.05) is 0 Å². The normalized spacial score (nSPS) is 16.8. The lowest BCUT2D eigenvalue weighted by atomic mass is 10.1. The van der Waals surface area contributed by atoms with Crippen molar-refractivity contribution in [3.63, 3.8) is 0 Å². The van der Waals surface area contributed by atoms with Gasteiger partial charge in [-0.15, -0.1) is 0 Å². The van der Waals surface area contributed by atoms with Crippen molar-refractivity contribution in [3.8, 4) is 5.75 Å². The molecule has 2 aromatic rings. The van der Waals surface area contributed by atoms with Crippen molar-refractivity contribution < 1.29 is 19.2 Å². The van der Waals surface area contributed by atoms with E-state index in [1.165, 1.54) is 29.2 Å². The number of anilines is 1. The van der Waals surface area contributed by atoms with Gasteiger partial charge in [-0.05, 0) is 24.3 Å². The van der Waals surface area contributed by atoms with Gasteiger partial charge in [-0.25, -0.2) is 0 Å². The Morgan fingerprint density at radius 3 is 2.52 bits per heavy atom. The highest BCUT2D eigenvalue weighted by Crippen LogP contribution is 2.29. The maximum atomic E-state index is 12.3. The number of carbonyl (C=O) groups is 2. The highest BCUT2D eigenvalue weighted by Gasteiger charge is 2.36. The van der Waals surface area contributed by atoms with Crippen molar-refractivity contribution in [1.29, 1.82) is 0 Å². The van der Waals surface area contributed by atoms with E-state index < -0.39 is 16.8 Å². The summed E-state index contributed by atoms with van der Waals surface area (Å²) in [6.45, 7) is 0.153. The van der Waals surface area contributed by atoms with Gasteiger partial charge in [0, 0.05) is 30.8 Å². The minimum atomic E-state index is -0.626. The number of rotatable bonds is 4. The van der Waals surface area contributed by atoms with Crippen LogP contribution in [0.25, 0.3) is 0 Å². The number of ether oxygens (including phenoxy) is 1. The van der Waals surface area contributed by atoms with Crippen molar-refractivity contribution in [2.24, 2.45) is 5.92 Å². The van der Waals surface area contributed by atoms with E-state index in [0.717, 1.165) is 0 Å². The molecule has 7 nitrogen and oxygen atoms in total. The van der Waals surface area contributed by atoms with Crippen LogP contribution in [0.1, 0.15) is 6.42 Å². The molecule has 0 saturated carbocycles. The summed E-state index contributed by atoms with van der Waals surface area (Å²) in [5, 5.41) is 11.0. The molecule has 0 radical (unpaired) electrons. The topological polar surface area (TPSA) is 89.8 Å². The SMILES string of the molecule is O=C(Oc1ccccc1Cl)[C@@H]1CC(=O)N(c2ccc([N+](=O)[O-])cc2)C1. The van der Waals surface area contributed by atoms with Gasteiger partial charge in [0.1, 0.15) is 5.75 Å². The number of nitrogens with zero attached hydrogens (tertiary/aromatic N) is 2. The van der Waals surface area contributed by atoms with E-state index in [1.54, 1.807) is 24.3 Å². The van der Waals surface area contributed by atoms with Crippen LogP contribution in [0.4, 0.5) is 11.4 Å². The molecular formula is C17H13ClN2O5. The Labute approximate surface area is 147 Å². The van der Waals surface area contributed by atoms with Gasteiger partial charge in [-0.1, -0.05) is 23.7 Å². The van der Waals surface area contributed by atoms with Crippen LogP contribution in [-0.2, 0) is 9.59 Å². The van der Waals surface area contributed by atoms with Crippen LogP contribution < -0.4 is 9.64 Å². The van der Waals surface area contributed by atoms with Crippen LogP contribution in [0.5, 0.6) is 5.75 Å². The maximum absolute atomic E-state index is 12.3. The van der Waals surface area contributed by atoms with Gasteiger partial charge in [-0.2, -0.15) is 0 Å². The Hall–Kier alpha value is -2.93. The van der Waals surface area contributed by atoms with E-state index in [9.17, 15) is 19.7 Å². The zero-order valence-corrected chi connectivity index (χ0v) is 13.7. The first-order valence-corrected chi connectivity index (χ1v) is 7.84. The summed E-state index contributed by atoms with van der Waals surface area (Å²) in [6.07, 6.45) is 0.0142. The fourth-order valence-corrected chi connectivity index (χ4v) is 2.76. The maximum Gasteiger partial charge on any atom is 0.316 e. The van der Waals surface area contributed by atoms with Gasteiger partial charge in [0.05, 0.1) is 15.9 Å². The summed E-state index contributed by atoms with van der Waals surface area (Å²) in [4.78, 5) is 36.1. The molecule has 3 rings (SSSR count). The number of para-hydroxylation sites is 1. The average molecular weight is 361 g/mol. The molecule has 1 fully saturated rings. The van der Waals surface area contributed by atoms with Gasteiger partial charge in [0.25, 0.3) is 5.69 Å². The molecule has 1 aliphatic heterocycles. The summed E-state index contributed by atoms with van der Waals surface area (Å²) in [5.41, 5.74) is 0.439. The molecule has 0 N–H and O–H groups in total. The quantitative estimate of drug-likeness (QED) is 0.361. The van der Waals surface area contributed by atoms with Crippen LogP contribution in [0.15, 0.2) is 48.5 Å². The first-order chi connectivity index (χ1) is 12.0. The molecule has 25 heavy (non-hydrogen) atoms.